The zero-order valence-electron chi connectivity index (χ0n) is 19.5. The maximum Gasteiger partial charge on any atom is 0.279 e. The summed E-state index contributed by atoms with van der Waals surface area (Å²) in [4.78, 5) is 28.7. The van der Waals surface area contributed by atoms with Crippen molar-refractivity contribution in [2.24, 2.45) is 0 Å². The largest absolute Gasteiger partial charge is 0.327 e. The van der Waals surface area contributed by atoms with Gasteiger partial charge in [0.05, 0.1) is 26.2 Å². The van der Waals surface area contributed by atoms with Gasteiger partial charge in [0.1, 0.15) is 0 Å². The fourth-order valence-electron chi connectivity index (χ4n) is 5.14. The summed E-state index contributed by atoms with van der Waals surface area (Å²) in [5.41, 5.74) is 5.24. The number of para-hydroxylation sites is 1. The second kappa shape index (κ2) is 10.3. The topological polar surface area (TPSA) is 53.9 Å². The number of benzene rings is 2. The Kier molecular flexibility index (Phi) is 7.26. The number of amides is 2. The number of carbonyl (C=O) groups is 2. The number of piperazine rings is 1. The van der Waals surface area contributed by atoms with Gasteiger partial charge in [-0.2, -0.15) is 0 Å². The van der Waals surface area contributed by atoms with Gasteiger partial charge in [0.15, 0.2) is 6.54 Å². The van der Waals surface area contributed by atoms with Crippen LogP contribution < -0.4 is 10.2 Å². The van der Waals surface area contributed by atoms with E-state index < -0.39 is 0 Å². The summed E-state index contributed by atoms with van der Waals surface area (Å²) >= 11 is 0. The van der Waals surface area contributed by atoms with Crippen LogP contribution in [0.1, 0.15) is 65.1 Å². The first-order chi connectivity index (χ1) is 15.5. The highest BCUT2D eigenvalue weighted by Gasteiger charge is 2.26. The minimum atomic E-state index is 0.0375. The van der Waals surface area contributed by atoms with E-state index in [2.05, 4.69) is 17.4 Å². The van der Waals surface area contributed by atoms with Crippen molar-refractivity contribution in [1.29, 1.82) is 0 Å². The van der Waals surface area contributed by atoms with Crippen LogP contribution in [0.3, 0.4) is 0 Å². The highest BCUT2D eigenvalue weighted by molar-refractivity contribution is 5.94. The van der Waals surface area contributed by atoms with Crippen LogP contribution >= 0.6 is 0 Å². The smallest absolute Gasteiger partial charge is 0.279 e. The SMILES string of the molecule is Cc1cccc(C)c1NC(=O)C[NH+]1CCN(C(=O)c2ccc(C3CCCCC3)cc2)CC1. The third kappa shape index (κ3) is 5.39. The summed E-state index contributed by atoms with van der Waals surface area (Å²) in [6, 6.07) is 14.4. The van der Waals surface area contributed by atoms with Crippen LogP contribution in [0, 0.1) is 13.8 Å². The van der Waals surface area contributed by atoms with Gasteiger partial charge in [0, 0.05) is 11.3 Å². The maximum atomic E-state index is 13.0. The van der Waals surface area contributed by atoms with Gasteiger partial charge in [0.25, 0.3) is 11.8 Å². The molecule has 1 saturated carbocycles. The predicted octanol–water partition coefficient (Wildman–Crippen LogP) is 3.33. The molecule has 2 N–H and O–H groups in total. The Bertz CT molecular complexity index is 920. The lowest BCUT2D eigenvalue weighted by atomic mass is 9.84. The molecule has 2 amide bonds. The van der Waals surface area contributed by atoms with Crippen molar-refractivity contribution in [2.75, 3.05) is 38.0 Å². The van der Waals surface area contributed by atoms with Crippen molar-refractivity contribution < 1.29 is 14.5 Å². The minimum Gasteiger partial charge on any atom is -0.327 e. The molecule has 2 aromatic rings. The number of nitrogens with zero attached hydrogens (tertiary/aromatic N) is 1. The van der Waals surface area contributed by atoms with E-state index in [0.717, 1.165) is 35.5 Å². The molecule has 1 aliphatic heterocycles. The van der Waals surface area contributed by atoms with Gasteiger partial charge in [-0.15, -0.1) is 0 Å². The monoisotopic (exact) mass is 434 g/mol. The summed E-state index contributed by atoms with van der Waals surface area (Å²) in [5.74, 6) is 0.810. The Labute approximate surface area is 191 Å². The number of nitrogens with one attached hydrogen (secondary N) is 2. The molecular weight excluding hydrogens is 398 g/mol. The standard InChI is InChI=1S/C27H35N3O2/c1-20-7-6-8-21(2)26(20)28-25(31)19-29-15-17-30(18-16-29)27(32)24-13-11-23(12-14-24)22-9-4-3-5-10-22/h6-8,11-14,22H,3-5,9-10,15-19H2,1-2H3,(H,28,31)/p+1. The van der Waals surface area contributed by atoms with Crippen LogP contribution in [0.4, 0.5) is 5.69 Å². The van der Waals surface area contributed by atoms with Crippen molar-refractivity contribution in [1.82, 2.24) is 4.90 Å². The van der Waals surface area contributed by atoms with Crippen LogP contribution in [0.5, 0.6) is 0 Å². The van der Waals surface area contributed by atoms with E-state index in [9.17, 15) is 9.59 Å². The van der Waals surface area contributed by atoms with Crippen LogP contribution in [-0.2, 0) is 4.79 Å². The molecule has 170 valence electrons. The molecular formula is C27H36N3O2+. The number of hydrogen-bond donors (Lipinski definition) is 2. The second-order valence-corrected chi connectivity index (χ2v) is 9.49. The van der Waals surface area contributed by atoms with E-state index in [1.807, 2.05) is 49.1 Å². The van der Waals surface area contributed by atoms with Crippen molar-refractivity contribution in [3.05, 3.63) is 64.7 Å². The molecule has 5 nitrogen and oxygen atoms in total. The van der Waals surface area contributed by atoms with E-state index in [1.165, 1.54) is 42.6 Å². The first-order valence-electron chi connectivity index (χ1n) is 12.1. The molecule has 0 aromatic heterocycles. The lowest BCUT2D eigenvalue weighted by Crippen LogP contribution is -3.15. The Morgan fingerprint density at radius 2 is 1.56 bits per heavy atom. The van der Waals surface area contributed by atoms with Crippen molar-refractivity contribution in [3.8, 4) is 0 Å². The highest BCUT2D eigenvalue weighted by Crippen LogP contribution is 2.32. The minimum absolute atomic E-state index is 0.0375. The lowest BCUT2D eigenvalue weighted by Gasteiger charge is -2.32. The van der Waals surface area contributed by atoms with Gasteiger partial charge in [0.2, 0.25) is 0 Å². The molecule has 32 heavy (non-hydrogen) atoms. The summed E-state index contributed by atoms with van der Waals surface area (Å²) in [5, 5.41) is 3.08. The quantitative estimate of drug-likeness (QED) is 0.759. The molecule has 1 saturated heterocycles. The Morgan fingerprint density at radius 1 is 0.938 bits per heavy atom. The fourth-order valence-corrected chi connectivity index (χ4v) is 5.14. The van der Waals surface area contributed by atoms with Crippen molar-refractivity contribution >= 4 is 17.5 Å². The highest BCUT2D eigenvalue weighted by atomic mass is 16.2. The van der Waals surface area contributed by atoms with E-state index in [-0.39, 0.29) is 11.8 Å². The lowest BCUT2D eigenvalue weighted by molar-refractivity contribution is -0.895. The van der Waals surface area contributed by atoms with Gasteiger partial charge in [-0.25, -0.2) is 0 Å². The molecule has 0 bridgehead atoms. The molecule has 0 radical (unpaired) electrons. The van der Waals surface area contributed by atoms with Crippen LogP contribution in [0.25, 0.3) is 0 Å². The van der Waals surface area contributed by atoms with Crippen LogP contribution in [-0.4, -0.2) is 49.4 Å². The van der Waals surface area contributed by atoms with E-state index in [1.54, 1.807) is 0 Å². The van der Waals surface area contributed by atoms with Gasteiger partial charge in [-0.05, 0) is 61.4 Å². The average molecular weight is 435 g/mol. The number of rotatable bonds is 5. The zero-order valence-corrected chi connectivity index (χ0v) is 19.5. The van der Waals surface area contributed by atoms with Gasteiger partial charge in [-0.3, -0.25) is 9.59 Å². The molecule has 1 heterocycles. The zero-order chi connectivity index (χ0) is 22.5. The third-order valence-corrected chi connectivity index (χ3v) is 7.15. The summed E-state index contributed by atoms with van der Waals surface area (Å²) in [7, 11) is 0. The Morgan fingerprint density at radius 3 is 2.19 bits per heavy atom. The number of hydrogen-bond acceptors (Lipinski definition) is 2. The fraction of sp³-hybridized carbons (Fsp3) is 0.481. The van der Waals surface area contributed by atoms with Gasteiger partial charge in [-0.1, -0.05) is 49.6 Å². The van der Waals surface area contributed by atoms with Gasteiger partial charge < -0.3 is 15.1 Å². The maximum absolute atomic E-state index is 13.0. The molecule has 1 aliphatic carbocycles. The molecule has 0 atom stereocenters. The Balaban J connectivity index is 1.27. The van der Waals surface area contributed by atoms with E-state index in [4.69, 9.17) is 0 Å². The summed E-state index contributed by atoms with van der Waals surface area (Å²) in [6.45, 7) is 7.44. The molecule has 4 rings (SSSR count). The Hall–Kier alpha value is -2.66. The van der Waals surface area contributed by atoms with Gasteiger partial charge >= 0.3 is 0 Å². The van der Waals surface area contributed by atoms with E-state index >= 15 is 0 Å². The van der Waals surface area contributed by atoms with Crippen LogP contribution in [0.2, 0.25) is 0 Å². The molecule has 0 unspecified atom stereocenters. The third-order valence-electron chi connectivity index (χ3n) is 7.15. The first-order valence-corrected chi connectivity index (χ1v) is 12.1. The number of quaternary nitrogens is 1. The first kappa shape index (κ1) is 22.5. The number of aryl methyl sites for hydroxylation is 2. The normalized spacial score (nSPS) is 17.9. The van der Waals surface area contributed by atoms with Crippen molar-refractivity contribution in [2.45, 2.75) is 51.9 Å². The molecule has 2 aromatic carbocycles. The van der Waals surface area contributed by atoms with Crippen LogP contribution in [0.15, 0.2) is 42.5 Å². The second-order valence-electron chi connectivity index (χ2n) is 9.49. The van der Waals surface area contributed by atoms with Crippen molar-refractivity contribution in [3.63, 3.8) is 0 Å². The number of carbonyl (C=O) groups excluding carboxylic acids is 2. The molecule has 2 aliphatic rings. The summed E-state index contributed by atoms with van der Waals surface area (Å²) < 4.78 is 0. The predicted molar refractivity (Wildman–Crippen MR) is 128 cm³/mol. The molecule has 2 fully saturated rings. The summed E-state index contributed by atoms with van der Waals surface area (Å²) in [6.07, 6.45) is 6.54. The molecule has 5 heteroatoms. The molecule has 0 spiro atoms. The number of anilines is 1. The average Bonchev–Trinajstić information content (AvgIpc) is 2.82. The van der Waals surface area contributed by atoms with E-state index in [0.29, 0.717) is 25.6 Å².